The third-order valence-electron chi connectivity index (χ3n) is 5.30. The molecule has 0 radical (unpaired) electrons. The predicted molar refractivity (Wildman–Crippen MR) is 104 cm³/mol. The van der Waals surface area contributed by atoms with Crippen molar-refractivity contribution >= 4 is 23.5 Å². The van der Waals surface area contributed by atoms with Gasteiger partial charge in [-0.15, -0.1) is 0 Å². The molecule has 7 nitrogen and oxygen atoms in total. The maximum absolute atomic E-state index is 12.5. The second-order valence-corrected chi connectivity index (χ2v) is 7.32. The average Bonchev–Trinajstić information content (AvgIpc) is 2.70. The van der Waals surface area contributed by atoms with E-state index < -0.39 is 0 Å². The summed E-state index contributed by atoms with van der Waals surface area (Å²) < 4.78 is 10.6. The number of amides is 2. The topological polar surface area (TPSA) is 76.2 Å². The zero-order chi connectivity index (χ0) is 20.1. The van der Waals surface area contributed by atoms with Gasteiger partial charge in [0.2, 0.25) is 5.91 Å². The van der Waals surface area contributed by atoms with Crippen molar-refractivity contribution in [3.05, 3.63) is 23.8 Å². The normalized spacial score (nSPS) is 17.1. The number of hydrogen-bond acceptors (Lipinski definition) is 5. The van der Waals surface area contributed by atoms with Crippen molar-refractivity contribution in [1.29, 1.82) is 0 Å². The maximum atomic E-state index is 12.5. The number of rotatable bonds is 6. The highest BCUT2D eigenvalue weighted by Gasteiger charge is 2.29. The van der Waals surface area contributed by atoms with Crippen molar-refractivity contribution in [2.24, 2.45) is 5.92 Å². The maximum Gasteiger partial charge on any atom is 0.309 e. The van der Waals surface area contributed by atoms with E-state index in [-0.39, 0.29) is 30.3 Å². The van der Waals surface area contributed by atoms with Crippen LogP contribution in [0.1, 0.15) is 38.2 Å². The fourth-order valence-corrected chi connectivity index (χ4v) is 3.73. The highest BCUT2D eigenvalue weighted by atomic mass is 16.5. The third-order valence-corrected chi connectivity index (χ3v) is 5.30. The number of aryl methyl sites for hydroxylation is 1. The minimum atomic E-state index is -0.158. The van der Waals surface area contributed by atoms with Crippen LogP contribution in [-0.2, 0) is 19.1 Å². The SMILES string of the molecule is CCOC(=O)C1CCN(C(=O)CCCN2C(=O)COc3ccc(C)cc32)CC1. The Morgan fingerprint density at radius 3 is 2.71 bits per heavy atom. The molecule has 7 heteroatoms. The number of nitrogens with zero attached hydrogens (tertiary/aromatic N) is 2. The van der Waals surface area contributed by atoms with Gasteiger partial charge in [-0.2, -0.15) is 0 Å². The van der Waals surface area contributed by atoms with Gasteiger partial charge in [-0.25, -0.2) is 0 Å². The minimum absolute atomic E-state index is 0.0331. The molecule has 0 atom stereocenters. The van der Waals surface area contributed by atoms with Gasteiger partial charge in [0.1, 0.15) is 5.75 Å². The van der Waals surface area contributed by atoms with Crippen LogP contribution in [0.2, 0.25) is 0 Å². The molecule has 1 aromatic rings. The number of fused-ring (bicyclic) bond motifs is 1. The van der Waals surface area contributed by atoms with Crippen LogP contribution in [0, 0.1) is 12.8 Å². The summed E-state index contributed by atoms with van der Waals surface area (Å²) in [5.74, 6) is 0.440. The fourth-order valence-electron chi connectivity index (χ4n) is 3.73. The quantitative estimate of drug-likeness (QED) is 0.699. The first kappa shape index (κ1) is 20.2. The molecule has 2 aliphatic heterocycles. The van der Waals surface area contributed by atoms with Crippen molar-refractivity contribution < 1.29 is 23.9 Å². The van der Waals surface area contributed by atoms with Gasteiger partial charge in [-0.05, 0) is 50.8 Å². The molecule has 3 rings (SSSR count). The van der Waals surface area contributed by atoms with Crippen molar-refractivity contribution in [2.75, 3.05) is 37.7 Å². The van der Waals surface area contributed by atoms with Gasteiger partial charge in [0.15, 0.2) is 6.61 Å². The number of anilines is 1. The van der Waals surface area contributed by atoms with E-state index in [0.29, 0.717) is 57.7 Å². The third kappa shape index (κ3) is 4.64. The van der Waals surface area contributed by atoms with Gasteiger partial charge in [-0.3, -0.25) is 14.4 Å². The Labute approximate surface area is 165 Å². The van der Waals surface area contributed by atoms with E-state index in [9.17, 15) is 14.4 Å². The van der Waals surface area contributed by atoms with Crippen LogP contribution in [0.3, 0.4) is 0 Å². The number of carbonyl (C=O) groups excluding carboxylic acids is 3. The fraction of sp³-hybridized carbons (Fsp3) is 0.571. The smallest absolute Gasteiger partial charge is 0.309 e. The van der Waals surface area contributed by atoms with Crippen molar-refractivity contribution in [1.82, 2.24) is 4.90 Å². The summed E-state index contributed by atoms with van der Waals surface area (Å²) in [6, 6.07) is 5.77. The average molecular weight is 388 g/mol. The van der Waals surface area contributed by atoms with Crippen molar-refractivity contribution in [3.63, 3.8) is 0 Å². The van der Waals surface area contributed by atoms with Crippen LogP contribution in [-0.4, -0.2) is 55.5 Å². The van der Waals surface area contributed by atoms with Crippen molar-refractivity contribution in [2.45, 2.75) is 39.5 Å². The van der Waals surface area contributed by atoms with E-state index in [1.807, 2.05) is 30.0 Å². The molecule has 2 aliphatic rings. The van der Waals surface area contributed by atoms with Crippen LogP contribution in [0.15, 0.2) is 18.2 Å². The van der Waals surface area contributed by atoms with E-state index in [2.05, 4.69) is 0 Å². The van der Waals surface area contributed by atoms with E-state index in [1.165, 1.54) is 0 Å². The molecular weight excluding hydrogens is 360 g/mol. The van der Waals surface area contributed by atoms with Crippen LogP contribution in [0.25, 0.3) is 0 Å². The molecule has 28 heavy (non-hydrogen) atoms. The monoisotopic (exact) mass is 388 g/mol. The Morgan fingerprint density at radius 2 is 2.00 bits per heavy atom. The zero-order valence-electron chi connectivity index (χ0n) is 16.6. The Bertz CT molecular complexity index is 740. The lowest BCUT2D eigenvalue weighted by Gasteiger charge is -2.32. The molecule has 1 saturated heterocycles. The highest BCUT2D eigenvalue weighted by molar-refractivity contribution is 5.98. The molecule has 1 fully saturated rings. The predicted octanol–water partition coefficient (Wildman–Crippen LogP) is 2.30. The molecule has 152 valence electrons. The number of likely N-dealkylation sites (tertiary alicyclic amines) is 1. The summed E-state index contributed by atoms with van der Waals surface area (Å²) in [4.78, 5) is 40.1. The summed E-state index contributed by atoms with van der Waals surface area (Å²) >= 11 is 0. The molecule has 2 amide bonds. The summed E-state index contributed by atoms with van der Waals surface area (Å²) in [6.45, 7) is 5.86. The lowest BCUT2D eigenvalue weighted by atomic mass is 9.96. The van der Waals surface area contributed by atoms with Gasteiger partial charge in [0.05, 0.1) is 18.2 Å². The van der Waals surface area contributed by atoms with Crippen LogP contribution in [0.5, 0.6) is 5.75 Å². The molecule has 0 saturated carbocycles. The Balaban J connectivity index is 1.48. The minimum Gasteiger partial charge on any atom is -0.482 e. The van der Waals surface area contributed by atoms with Crippen LogP contribution < -0.4 is 9.64 Å². The molecule has 1 aromatic carbocycles. The molecule has 0 bridgehead atoms. The summed E-state index contributed by atoms with van der Waals surface area (Å²) in [5.41, 5.74) is 1.83. The number of piperidine rings is 1. The first-order chi connectivity index (χ1) is 13.5. The summed E-state index contributed by atoms with van der Waals surface area (Å²) in [7, 11) is 0. The van der Waals surface area contributed by atoms with Gasteiger partial charge in [-0.1, -0.05) is 6.07 Å². The van der Waals surface area contributed by atoms with E-state index in [1.54, 1.807) is 11.8 Å². The standard InChI is InChI=1S/C21H28N2O5/c1-3-27-21(26)16-8-11-22(12-9-16)19(24)5-4-10-23-17-13-15(2)6-7-18(17)28-14-20(23)25/h6-7,13,16H,3-5,8-12,14H2,1-2H3. The first-order valence-electron chi connectivity index (χ1n) is 9.97. The van der Waals surface area contributed by atoms with Crippen LogP contribution in [0.4, 0.5) is 5.69 Å². The molecule has 0 unspecified atom stereocenters. The van der Waals surface area contributed by atoms with E-state index in [0.717, 1.165) is 11.3 Å². The van der Waals surface area contributed by atoms with Crippen LogP contribution >= 0.6 is 0 Å². The summed E-state index contributed by atoms with van der Waals surface area (Å²) in [6.07, 6.45) is 2.28. The second-order valence-electron chi connectivity index (χ2n) is 7.32. The molecular formula is C21H28N2O5. The Morgan fingerprint density at radius 1 is 1.25 bits per heavy atom. The molecule has 0 spiro atoms. The number of carbonyl (C=O) groups is 3. The Kier molecular flexibility index (Phi) is 6.54. The molecule has 0 aliphatic carbocycles. The lowest BCUT2D eigenvalue weighted by Crippen LogP contribution is -2.42. The number of hydrogen-bond donors (Lipinski definition) is 0. The first-order valence-corrected chi connectivity index (χ1v) is 9.97. The number of esters is 1. The molecule has 0 N–H and O–H groups in total. The van der Waals surface area contributed by atoms with Crippen molar-refractivity contribution in [3.8, 4) is 5.75 Å². The van der Waals surface area contributed by atoms with E-state index in [4.69, 9.17) is 9.47 Å². The number of benzene rings is 1. The molecule has 0 aromatic heterocycles. The summed E-state index contributed by atoms with van der Waals surface area (Å²) in [5, 5.41) is 0. The highest BCUT2D eigenvalue weighted by Crippen LogP contribution is 2.33. The zero-order valence-corrected chi connectivity index (χ0v) is 16.6. The van der Waals surface area contributed by atoms with Gasteiger partial charge in [0, 0.05) is 26.1 Å². The van der Waals surface area contributed by atoms with E-state index >= 15 is 0 Å². The van der Waals surface area contributed by atoms with Gasteiger partial charge in [0.25, 0.3) is 5.91 Å². The number of ether oxygens (including phenoxy) is 2. The largest absolute Gasteiger partial charge is 0.482 e. The lowest BCUT2D eigenvalue weighted by molar-refractivity contribution is -0.151. The van der Waals surface area contributed by atoms with Gasteiger partial charge >= 0.3 is 5.97 Å². The van der Waals surface area contributed by atoms with Gasteiger partial charge < -0.3 is 19.3 Å². The molecule has 2 heterocycles. The Hall–Kier alpha value is -2.57. The second kappa shape index (κ2) is 9.08.